The highest BCUT2D eigenvalue weighted by molar-refractivity contribution is 5.75. The summed E-state index contributed by atoms with van der Waals surface area (Å²) in [6.07, 6.45) is 2.41. The molecule has 3 heteroatoms. The molecule has 0 aliphatic rings. The highest BCUT2D eigenvalue weighted by Gasteiger charge is 2.05. The molecule has 0 bridgehead atoms. The van der Waals surface area contributed by atoms with Crippen molar-refractivity contribution in [3.05, 3.63) is 30.1 Å². The van der Waals surface area contributed by atoms with Crippen LogP contribution in [0.5, 0.6) is 0 Å². The fraction of sp³-hybridized carbons (Fsp3) is 0.462. The van der Waals surface area contributed by atoms with Crippen molar-refractivity contribution >= 4 is 11.0 Å². The smallest absolute Gasteiger partial charge is 0.106 e. The van der Waals surface area contributed by atoms with Crippen molar-refractivity contribution in [3.63, 3.8) is 0 Å². The third-order valence-electron chi connectivity index (χ3n) is 2.90. The number of fused-ring (bicyclic) bond motifs is 1. The Morgan fingerprint density at radius 1 is 1.25 bits per heavy atom. The number of rotatable bonds is 5. The van der Waals surface area contributed by atoms with Gasteiger partial charge in [-0.05, 0) is 45.5 Å². The highest BCUT2D eigenvalue weighted by Crippen LogP contribution is 2.15. The SMILES string of the molecule is CNCCCCn1c(C)nc2ccccc21. The molecular formula is C13H19N3. The molecule has 0 unspecified atom stereocenters. The summed E-state index contributed by atoms with van der Waals surface area (Å²) in [6, 6.07) is 8.34. The van der Waals surface area contributed by atoms with Gasteiger partial charge in [0.25, 0.3) is 0 Å². The van der Waals surface area contributed by atoms with Gasteiger partial charge in [-0.1, -0.05) is 12.1 Å². The fourth-order valence-corrected chi connectivity index (χ4v) is 2.05. The summed E-state index contributed by atoms with van der Waals surface area (Å²) in [5, 5.41) is 3.17. The van der Waals surface area contributed by atoms with Crippen LogP contribution in [0.25, 0.3) is 11.0 Å². The summed E-state index contributed by atoms with van der Waals surface area (Å²) in [5.74, 6) is 1.12. The molecule has 0 fully saturated rings. The lowest BCUT2D eigenvalue weighted by Crippen LogP contribution is -2.09. The van der Waals surface area contributed by atoms with Gasteiger partial charge in [-0.3, -0.25) is 0 Å². The number of nitrogens with zero attached hydrogens (tertiary/aromatic N) is 2. The minimum atomic E-state index is 1.06. The first-order valence-corrected chi connectivity index (χ1v) is 5.89. The minimum Gasteiger partial charge on any atom is -0.328 e. The van der Waals surface area contributed by atoms with Crippen LogP contribution in [0.4, 0.5) is 0 Å². The van der Waals surface area contributed by atoms with Crippen molar-refractivity contribution in [1.29, 1.82) is 0 Å². The Labute approximate surface area is 96.5 Å². The molecule has 1 heterocycles. The Morgan fingerprint density at radius 3 is 2.88 bits per heavy atom. The molecule has 0 aliphatic heterocycles. The third-order valence-corrected chi connectivity index (χ3v) is 2.90. The van der Waals surface area contributed by atoms with Gasteiger partial charge in [0, 0.05) is 6.54 Å². The average Bonchev–Trinajstić information content (AvgIpc) is 2.61. The maximum atomic E-state index is 4.56. The molecule has 2 aromatic rings. The van der Waals surface area contributed by atoms with Gasteiger partial charge in [0.2, 0.25) is 0 Å². The molecule has 1 aromatic carbocycles. The standard InChI is InChI=1S/C13H19N3/c1-11-15-12-7-3-4-8-13(12)16(11)10-6-5-9-14-2/h3-4,7-8,14H,5-6,9-10H2,1-2H3. The molecular weight excluding hydrogens is 198 g/mol. The Balaban J connectivity index is 2.13. The molecule has 86 valence electrons. The predicted molar refractivity (Wildman–Crippen MR) is 67.6 cm³/mol. The summed E-state index contributed by atoms with van der Waals surface area (Å²) in [4.78, 5) is 4.56. The van der Waals surface area contributed by atoms with Crippen LogP contribution >= 0.6 is 0 Å². The Hall–Kier alpha value is -1.35. The van der Waals surface area contributed by atoms with Crippen LogP contribution in [0.15, 0.2) is 24.3 Å². The second-order valence-electron chi connectivity index (χ2n) is 4.11. The van der Waals surface area contributed by atoms with Crippen LogP contribution in [-0.2, 0) is 6.54 Å². The number of hydrogen-bond donors (Lipinski definition) is 1. The van der Waals surface area contributed by atoms with Crippen LogP contribution < -0.4 is 5.32 Å². The van der Waals surface area contributed by atoms with E-state index in [-0.39, 0.29) is 0 Å². The number of aromatic nitrogens is 2. The van der Waals surface area contributed by atoms with E-state index in [0.29, 0.717) is 0 Å². The topological polar surface area (TPSA) is 29.9 Å². The van der Waals surface area contributed by atoms with E-state index in [4.69, 9.17) is 0 Å². The molecule has 1 aromatic heterocycles. The van der Waals surface area contributed by atoms with E-state index in [1.165, 1.54) is 18.4 Å². The molecule has 16 heavy (non-hydrogen) atoms. The molecule has 0 amide bonds. The lowest BCUT2D eigenvalue weighted by Gasteiger charge is -2.06. The average molecular weight is 217 g/mol. The summed E-state index contributed by atoms with van der Waals surface area (Å²) in [7, 11) is 2.00. The first kappa shape index (κ1) is 11.1. The van der Waals surface area contributed by atoms with Gasteiger partial charge in [-0.15, -0.1) is 0 Å². The molecule has 0 saturated carbocycles. The predicted octanol–water partition coefficient (Wildman–Crippen LogP) is 2.34. The van der Waals surface area contributed by atoms with E-state index in [2.05, 4.69) is 40.0 Å². The first-order chi connectivity index (χ1) is 7.83. The highest BCUT2D eigenvalue weighted by atomic mass is 15.1. The zero-order valence-corrected chi connectivity index (χ0v) is 10.0. The van der Waals surface area contributed by atoms with Crippen molar-refractivity contribution in [2.24, 2.45) is 0 Å². The largest absolute Gasteiger partial charge is 0.328 e. The van der Waals surface area contributed by atoms with E-state index in [9.17, 15) is 0 Å². The Bertz CT molecular complexity index is 459. The van der Waals surface area contributed by atoms with E-state index in [1.54, 1.807) is 0 Å². The molecule has 3 nitrogen and oxygen atoms in total. The van der Waals surface area contributed by atoms with E-state index in [0.717, 1.165) is 24.4 Å². The second-order valence-corrected chi connectivity index (χ2v) is 4.11. The zero-order chi connectivity index (χ0) is 11.4. The van der Waals surface area contributed by atoms with Gasteiger partial charge in [0.1, 0.15) is 5.82 Å². The quantitative estimate of drug-likeness (QED) is 0.779. The monoisotopic (exact) mass is 217 g/mol. The number of imidazole rings is 1. The van der Waals surface area contributed by atoms with Crippen LogP contribution in [0.3, 0.4) is 0 Å². The maximum absolute atomic E-state index is 4.56. The van der Waals surface area contributed by atoms with Crippen molar-refractivity contribution in [2.75, 3.05) is 13.6 Å². The van der Waals surface area contributed by atoms with Gasteiger partial charge in [-0.2, -0.15) is 0 Å². The first-order valence-electron chi connectivity index (χ1n) is 5.89. The number of para-hydroxylation sites is 2. The summed E-state index contributed by atoms with van der Waals surface area (Å²) >= 11 is 0. The van der Waals surface area contributed by atoms with Gasteiger partial charge < -0.3 is 9.88 Å². The molecule has 0 atom stereocenters. The van der Waals surface area contributed by atoms with E-state index < -0.39 is 0 Å². The Kier molecular flexibility index (Phi) is 3.57. The van der Waals surface area contributed by atoms with Crippen LogP contribution in [0.1, 0.15) is 18.7 Å². The summed E-state index contributed by atoms with van der Waals surface area (Å²) in [5.41, 5.74) is 2.36. The lowest BCUT2D eigenvalue weighted by molar-refractivity contribution is 0.591. The van der Waals surface area contributed by atoms with E-state index >= 15 is 0 Å². The Morgan fingerprint density at radius 2 is 2.06 bits per heavy atom. The lowest BCUT2D eigenvalue weighted by atomic mass is 10.3. The molecule has 0 radical (unpaired) electrons. The van der Waals surface area contributed by atoms with Crippen LogP contribution in [-0.4, -0.2) is 23.1 Å². The van der Waals surface area contributed by atoms with Crippen LogP contribution in [0, 0.1) is 6.92 Å². The molecule has 1 N–H and O–H groups in total. The van der Waals surface area contributed by atoms with E-state index in [1.807, 2.05) is 13.1 Å². The molecule has 0 saturated heterocycles. The van der Waals surface area contributed by atoms with Crippen molar-refractivity contribution in [2.45, 2.75) is 26.3 Å². The molecule has 2 rings (SSSR count). The molecule has 0 aliphatic carbocycles. The van der Waals surface area contributed by atoms with Gasteiger partial charge in [0.05, 0.1) is 11.0 Å². The summed E-state index contributed by atoms with van der Waals surface area (Å²) in [6.45, 7) is 4.23. The number of benzene rings is 1. The third kappa shape index (κ3) is 2.25. The van der Waals surface area contributed by atoms with Gasteiger partial charge in [0.15, 0.2) is 0 Å². The minimum absolute atomic E-state index is 1.06. The fourth-order valence-electron chi connectivity index (χ4n) is 2.05. The number of nitrogens with one attached hydrogen (secondary N) is 1. The zero-order valence-electron chi connectivity index (χ0n) is 10.0. The number of unbranched alkanes of at least 4 members (excludes halogenated alkanes) is 1. The van der Waals surface area contributed by atoms with Gasteiger partial charge >= 0.3 is 0 Å². The number of hydrogen-bond acceptors (Lipinski definition) is 2. The normalized spacial score (nSPS) is 11.1. The molecule has 0 spiro atoms. The maximum Gasteiger partial charge on any atom is 0.106 e. The second kappa shape index (κ2) is 5.12. The van der Waals surface area contributed by atoms with Crippen molar-refractivity contribution < 1.29 is 0 Å². The van der Waals surface area contributed by atoms with Gasteiger partial charge in [-0.25, -0.2) is 4.98 Å². The summed E-state index contributed by atoms with van der Waals surface area (Å²) < 4.78 is 2.31. The number of aryl methyl sites for hydroxylation is 2. The van der Waals surface area contributed by atoms with Crippen LogP contribution in [0.2, 0.25) is 0 Å². The van der Waals surface area contributed by atoms with Crippen molar-refractivity contribution in [3.8, 4) is 0 Å². The van der Waals surface area contributed by atoms with Crippen molar-refractivity contribution in [1.82, 2.24) is 14.9 Å².